The summed E-state index contributed by atoms with van der Waals surface area (Å²) < 4.78 is 1.32. The summed E-state index contributed by atoms with van der Waals surface area (Å²) in [6.45, 7) is 2.10. The summed E-state index contributed by atoms with van der Waals surface area (Å²) in [7, 11) is 0. The van der Waals surface area contributed by atoms with E-state index in [1.165, 1.54) is 21.3 Å². The lowest BCUT2D eigenvalue weighted by Crippen LogP contribution is -1.88. The Balaban J connectivity index is 1.97. The minimum atomic E-state index is 1.14. The van der Waals surface area contributed by atoms with Crippen molar-refractivity contribution in [2.75, 3.05) is 5.32 Å². The minimum Gasteiger partial charge on any atom is -0.354 e. The smallest absolute Gasteiger partial charge is 0.0572 e. The molecule has 17 heavy (non-hydrogen) atoms. The molecule has 0 spiro atoms. The van der Waals surface area contributed by atoms with Gasteiger partial charge in [-0.1, -0.05) is 35.9 Å². The van der Waals surface area contributed by atoms with Gasteiger partial charge in [-0.15, -0.1) is 11.3 Å². The van der Waals surface area contributed by atoms with Crippen LogP contribution in [0.2, 0.25) is 0 Å². The first-order valence-corrected chi connectivity index (χ1v) is 6.51. The number of aryl methyl sites for hydroxylation is 1. The third-order valence-corrected chi connectivity index (χ3v) is 3.78. The second kappa shape index (κ2) is 4.22. The zero-order valence-corrected chi connectivity index (χ0v) is 10.4. The molecule has 2 heteroatoms. The van der Waals surface area contributed by atoms with Crippen LogP contribution in [0.3, 0.4) is 0 Å². The van der Waals surface area contributed by atoms with Gasteiger partial charge in [0.05, 0.1) is 5.69 Å². The van der Waals surface area contributed by atoms with E-state index >= 15 is 0 Å². The maximum atomic E-state index is 3.46. The van der Waals surface area contributed by atoms with E-state index < -0.39 is 0 Å². The Morgan fingerprint density at radius 2 is 1.71 bits per heavy atom. The molecule has 0 unspecified atom stereocenters. The van der Waals surface area contributed by atoms with Crippen molar-refractivity contribution in [1.82, 2.24) is 0 Å². The van der Waals surface area contributed by atoms with Crippen LogP contribution in [-0.2, 0) is 0 Å². The molecule has 0 saturated carbocycles. The van der Waals surface area contributed by atoms with Crippen LogP contribution in [0.5, 0.6) is 0 Å². The summed E-state index contributed by atoms with van der Waals surface area (Å²) in [6, 6.07) is 16.9. The first-order valence-electron chi connectivity index (χ1n) is 5.63. The molecular formula is C15H13NS. The van der Waals surface area contributed by atoms with Gasteiger partial charge in [-0.05, 0) is 25.1 Å². The van der Waals surface area contributed by atoms with Gasteiger partial charge < -0.3 is 5.32 Å². The van der Waals surface area contributed by atoms with Crippen molar-refractivity contribution in [3.8, 4) is 0 Å². The van der Waals surface area contributed by atoms with E-state index in [9.17, 15) is 0 Å². The van der Waals surface area contributed by atoms with Gasteiger partial charge in [-0.25, -0.2) is 0 Å². The molecule has 0 aliphatic heterocycles. The predicted molar refractivity (Wildman–Crippen MR) is 76.3 cm³/mol. The van der Waals surface area contributed by atoms with Crippen LogP contribution in [0.15, 0.2) is 53.9 Å². The monoisotopic (exact) mass is 239 g/mol. The molecule has 0 aliphatic rings. The van der Waals surface area contributed by atoms with Gasteiger partial charge in [0.25, 0.3) is 0 Å². The fourth-order valence-electron chi connectivity index (χ4n) is 1.87. The highest BCUT2D eigenvalue weighted by molar-refractivity contribution is 7.17. The molecule has 3 aromatic rings. The lowest BCUT2D eigenvalue weighted by molar-refractivity contribution is 1.46. The van der Waals surface area contributed by atoms with Gasteiger partial charge in [-0.2, -0.15) is 0 Å². The van der Waals surface area contributed by atoms with Crippen molar-refractivity contribution >= 4 is 32.8 Å². The van der Waals surface area contributed by atoms with Gasteiger partial charge in [0.1, 0.15) is 0 Å². The summed E-state index contributed by atoms with van der Waals surface area (Å²) in [4.78, 5) is 0. The van der Waals surface area contributed by atoms with E-state index in [0.29, 0.717) is 0 Å². The Morgan fingerprint density at radius 1 is 0.941 bits per heavy atom. The summed E-state index contributed by atoms with van der Waals surface area (Å²) in [5.41, 5.74) is 3.61. The van der Waals surface area contributed by atoms with E-state index in [2.05, 4.69) is 66.2 Å². The number of nitrogens with one attached hydrogen (secondary N) is 1. The van der Waals surface area contributed by atoms with Crippen molar-refractivity contribution < 1.29 is 0 Å². The van der Waals surface area contributed by atoms with Crippen molar-refractivity contribution in [2.24, 2.45) is 0 Å². The van der Waals surface area contributed by atoms with Crippen molar-refractivity contribution in [3.05, 3.63) is 59.5 Å². The first-order chi connectivity index (χ1) is 8.33. The number of fused-ring (bicyclic) bond motifs is 1. The lowest BCUT2D eigenvalue weighted by atomic mass is 10.2. The number of hydrogen-bond donors (Lipinski definition) is 1. The highest BCUT2D eigenvalue weighted by atomic mass is 32.1. The molecule has 1 N–H and O–H groups in total. The van der Waals surface area contributed by atoms with Crippen LogP contribution in [0, 0.1) is 6.92 Å². The first kappa shape index (κ1) is 10.4. The Hall–Kier alpha value is -1.80. The Labute approximate surface area is 105 Å². The molecular weight excluding hydrogens is 226 g/mol. The topological polar surface area (TPSA) is 12.0 Å². The highest BCUT2D eigenvalue weighted by Crippen LogP contribution is 2.31. The van der Waals surface area contributed by atoms with Gasteiger partial charge in [0.15, 0.2) is 0 Å². The molecule has 0 bridgehead atoms. The van der Waals surface area contributed by atoms with E-state index in [1.54, 1.807) is 11.3 Å². The Morgan fingerprint density at radius 3 is 2.53 bits per heavy atom. The van der Waals surface area contributed by atoms with E-state index in [4.69, 9.17) is 0 Å². The summed E-state index contributed by atoms with van der Waals surface area (Å²) >= 11 is 1.77. The highest BCUT2D eigenvalue weighted by Gasteiger charge is 2.02. The Bertz CT molecular complexity index is 637. The molecule has 0 saturated heterocycles. The molecule has 0 fully saturated rings. The standard InChI is InChI=1S/C15H13NS/c1-11-6-8-12(9-7-11)16-14-10-17-15-5-3-2-4-13(14)15/h2-10,16H,1H3. The predicted octanol–water partition coefficient (Wildman–Crippen LogP) is 4.95. The molecule has 0 radical (unpaired) electrons. The molecule has 84 valence electrons. The van der Waals surface area contributed by atoms with Crippen molar-refractivity contribution in [3.63, 3.8) is 0 Å². The number of anilines is 2. The van der Waals surface area contributed by atoms with Crippen LogP contribution in [0.4, 0.5) is 11.4 Å². The largest absolute Gasteiger partial charge is 0.354 e. The maximum Gasteiger partial charge on any atom is 0.0572 e. The molecule has 0 atom stereocenters. The molecule has 2 aromatic carbocycles. The quantitative estimate of drug-likeness (QED) is 0.667. The third-order valence-electron chi connectivity index (χ3n) is 2.81. The fourth-order valence-corrected chi connectivity index (χ4v) is 2.76. The molecule has 1 heterocycles. The van der Waals surface area contributed by atoms with E-state index in [1.807, 2.05) is 0 Å². The van der Waals surface area contributed by atoms with Crippen molar-refractivity contribution in [1.29, 1.82) is 0 Å². The van der Waals surface area contributed by atoms with Crippen LogP contribution >= 0.6 is 11.3 Å². The van der Waals surface area contributed by atoms with Gasteiger partial charge in [0, 0.05) is 21.2 Å². The van der Waals surface area contributed by atoms with Gasteiger partial charge in [-0.3, -0.25) is 0 Å². The Kier molecular flexibility index (Phi) is 2.57. The summed E-state index contributed by atoms with van der Waals surface area (Å²) in [5, 5.41) is 6.93. The number of hydrogen-bond acceptors (Lipinski definition) is 2. The molecule has 1 nitrogen and oxygen atoms in total. The van der Waals surface area contributed by atoms with Crippen LogP contribution in [0.1, 0.15) is 5.56 Å². The summed E-state index contributed by atoms with van der Waals surface area (Å²) in [5.74, 6) is 0. The second-order valence-electron chi connectivity index (χ2n) is 4.14. The average molecular weight is 239 g/mol. The van der Waals surface area contributed by atoms with Gasteiger partial charge >= 0.3 is 0 Å². The van der Waals surface area contributed by atoms with Crippen LogP contribution in [-0.4, -0.2) is 0 Å². The summed E-state index contributed by atoms with van der Waals surface area (Å²) in [6.07, 6.45) is 0. The number of benzene rings is 2. The van der Waals surface area contributed by atoms with E-state index in [-0.39, 0.29) is 0 Å². The number of thiophene rings is 1. The SMILES string of the molecule is Cc1ccc(Nc2csc3ccccc23)cc1. The maximum absolute atomic E-state index is 3.46. The fraction of sp³-hybridized carbons (Fsp3) is 0.0667. The van der Waals surface area contributed by atoms with Crippen LogP contribution in [0.25, 0.3) is 10.1 Å². The zero-order valence-electron chi connectivity index (χ0n) is 9.60. The van der Waals surface area contributed by atoms with Crippen molar-refractivity contribution in [2.45, 2.75) is 6.92 Å². The second-order valence-corrected chi connectivity index (χ2v) is 5.05. The average Bonchev–Trinajstić information content (AvgIpc) is 2.76. The van der Waals surface area contributed by atoms with E-state index in [0.717, 1.165) is 5.69 Å². The molecule has 0 aliphatic carbocycles. The van der Waals surface area contributed by atoms with Gasteiger partial charge in [0.2, 0.25) is 0 Å². The third kappa shape index (κ3) is 2.04. The lowest BCUT2D eigenvalue weighted by Gasteiger charge is -2.05. The minimum absolute atomic E-state index is 1.14. The van der Waals surface area contributed by atoms with Crippen LogP contribution < -0.4 is 5.32 Å². The molecule has 3 rings (SSSR count). The molecule has 1 aromatic heterocycles. The number of rotatable bonds is 2. The normalized spacial score (nSPS) is 10.6. The zero-order chi connectivity index (χ0) is 11.7. The molecule has 0 amide bonds.